The van der Waals surface area contributed by atoms with E-state index in [4.69, 9.17) is 0 Å². The molecule has 1 aromatic heterocycles. The molecule has 0 fully saturated rings. The summed E-state index contributed by atoms with van der Waals surface area (Å²) in [5, 5.41) is 9.49. The monoisotopic (exact) mass is 391 g/mol. The second-order valence-corrected chi connectivity index (χ2v) is 7.96. The van der Waals surface area contributed by atoms with Crippen molar-refractivity contribution < 1.29 is 18.3 Å². The summed E-state index contributed by atoms with van der Waals surface area (Å²) < 4.78 is 27.5. The van der Waals surface area contributed by atoms with Crippen molar-refractivity contribution in [2.45, 2.75) is 38.0 Å². The van der Waals surface area contributed by atoms with Gasteiger partial charge in [-0.05, 0) is 36.6 Å². The van der Waals surface area contributed by atoms with E-state index in [1.165, 1.54) is 24.4 Å². The van der Waals surface area contributed by atoms with Crippen molar-refractivity contribution in [1.82, 2.24) is 4.98 Å². The van der Waals surface area contributed by atoms with Gasteiger partial charge in [-0.1, -0.05) is 32.4 Å². The van der Waals surface area contributed by atoms with E-state index >= 15 is 0 Å². The molecule has 0 bridgehead atoms. The summed E-state index contributed by atoms with van der Waals surface area (Å²) in [6.07, 6.45) is 4.02. The highest BCUT2D eigenvalue weighted by Crippen LogP contribution is 2.23. The SMILES string of the molecule is CCCCN(C)c1ncc(NS(=O)(=O)c2ccc(CC)cc2)cc1C(=O)O. The number of hydrogen-bond donors (Lipinski definition) is 2. The molecule has 0 amide bonds. The van der Waals surface area contributed by atoms with Crippen LogP contribution in [-0.4, -0.2) is 38.1 Å². The van der Waals surface area contributed by atoms with E-state index in [0.29, 0.717) is 12.4 Å². The van der Waals surface area contributed by atoms with Crippen molar-refractivity contribution in [1.29, 1.82) is 0 Å². The van der Waals surface area contributed by atoms with Crippen molar-refractivity contribution in [3.63, 3.8) is 0 Å². The lowest BCUT2D eigenvalue weighted by molar-refractivity contribution is 0.0697. The molecular formula is C19H25N3O4S. The van der Waals surface area contributed by atoms with Crippen LogP contribution in [0.1, 0.15) is 42.6 Å². The van der Waals surface area contributed by atoms with Gasteiger partial charge in [0.25, 0.3) is 10.0 Å². The second kappa shape index (κ2) is 8.85. The molecule has 0 saturated heterocycles. The Hall–Kier alpha value is -2.61. The smallest absolute Gasteiger partial charge is 0.339 e. The molecule has 146 valence electrons. The number of pyridine rings is 1. The average molecular weight is 391 g/mol. The highest BCUT2D eigenvalue weighted by Gasteiger charge is 2.19. The summed E-state index contributed by atoms with van der Waals surface area (Å²) in [4.78, 5) is 17.7. The summed E-state index contributed by atoms with van der Waals surface area (Å²) in [6.45, 7) is 4.70. The van der Waals surface area contributed by atoms with Crippen molar-refractivity contribution in [2.75, 3.05) is 23.2 Å². The number of aryl methyl sites for hydroxylation is 1. The third-order valence-corrected chi connectivity index (χ3v) is 5.60. The molecule has 2 rings (SSSR count). The Kier molecular flexibility index (Phi) is 6.79. The van der Waals surface area contributed by atoms with Crippen LogP contribution in [0.25, 0.3) is 0 Å². The van der Waals surface area contributed by atoms with E-state index in [0.717, 1.165) is 24.8 Å². The molecule has 0 saturated carbocycles. The lowest BCUT2D eigenvalue weighted by Crippen LogP contribution is -2.23. The summed E-state index contributed by atoms with van der Waals surface area (Å²) in [5.74, 6) is -0.847. The third kappa shape index (κ3) is 5.19. The van der Waals surface area contributed by atoms with E-state index in [9.17, 15) is 18.3 Å². The number of hydrogen-bond acceptors (Lipinski definition) is 5. The van der Waals surface area contributed by atoms with Crippen molar-refractivity contribution in [2.24, 2.45) is 0 Å². The summed E-state index contributed by atoms with van der Waals surface area (Å²) >= 11 is 0. The summed E-state index contributed by atoms with van der Waals surface area (Å²) in [6, 6.07) is 7.85. The standard InChI is InChI=1S/C19H25N3O4S/c1-4-6-11-22(3)18-17(19(23)24)12-15(13-20-18)21-27(25,26)16-9-7-14(5-2)8-10-16/h7-10,12-13,21H,4-6,11H2,1-3H3,(H,23,24). The fourth-order valence-corrected chi connectivity index (χ4v) is 3.63. The Labute approximate surface area is 160 Å². The van der Waals surface area contributed by atoms with Crippen LogP contribution >= 0.6 is 0 Å². The van der Waals surface area contributed by atoms with Crippen LogP contribution in [0.2, 0.25) is 0 Å². The second-order valence-electron chi connectivity index (χ2n) is 6.28. The molecule has 0 unspecified atom stereocenters. The number of benzene rings is 1. The maximum atomic E-state index is 12.5. The topological polar surface area (TPSA) is 99.6 Å². The first kappa shape index (κ1) is 20.7. The number of nitrogens with one attached hydrogen (secondary N) is 1. The van der Waals surface area contributed by atoms with Gasteiger partial charge in [-0.3, -0.25) is 4.72 Å². The first-order chi connectivity index (χ1) is 12.8. The Balaban J connectivity index is 2.30. The minimum absolute atomic E-state index is 0.0462. The van der Waals surface area contributed by atoms with Crippen molar-refractivity contribution >= 4 is 27.5 Å². The maximum Gasteiger partial charge on any atom is 0.339 e. The number of sulfonamides is 1. The number of carbonyl (C=O) groups is 1. The molecule has 7 nitrogen and oxygen atoms in total. The Bertz CT molecular complexity index is 896. The van der Waals surface area contributed by atoms with E-state index in [2.05, 4.69) is 9.71 Å². The number of aromatic carboxylic acids is 1. The van der Waals surface area contributed by atoms with Gasteiger partial charge in [0.05, 0.1) is 16.8 Å². The Morgan fingerprint density at radius 3 is 2.44 bits per heavy atom. The van der Waals surface area contributed by atoms with Gasteiger partial charge in [-0.25, -0.2) is 18.2 Å². The van der Waals surface area contributed by atoms with Gasteiger partial charge in [-0.15, -0.1) is 0 Å². The van der Waals surface area contributed by atoms with Crippen molar-refractivity contribution in [3.8, 4) is 0 Å². The number of anilines is 2. The highest BCUT2D eigenvalue weighted by molar-refractivity contribution is 7.92. The van der Waals surface area contributed by atoms with Gasteiger partial charge in [0.2, 0.25) is 0 Å². The summed E-state index contributed by atoms with van der Waals surface area (Å²) in [5.41, 5.74) is 1.10. The quantitative estimate of drug-likeness (QED) is 0.680. The molecule has 0 aliphatic heterocycles. The van der Waals surface area contributed by atoms with Gasteiger partial charge in [-0.2, -0.15) is 0 Å². The molecule has 1 aromatic carbocycles. The zero-order valence-electron chi connectivity index (χ0n) is 15.8. The minimum atomic E-state index is -3.82. The predicted octanol–water partition coefficient (Wildman–Crippen LogP) is 3.38. The van der Waals surface area contributed by atoms with Crippen LogP contribution in [-0.2, 0) is 16.4 Å². The minimum Gasteiger partial charge on any atom is -0.478 e. The van der Waals surface area contributed by atoms with E-state index in [1.54, 1.807) is 24.1 Å². The molecule has 0 aliphatic carbocycles. The number of carboxylic acid groups (broad SMARTS) is 1. The molecule has 0 aliphatic rings. The van der Waals surface area contributed by atoms with Gasteiger partial charge < -0.3 is 10.0 Å². The molecule has 8 heteroatoms. The number of unbranched alkanes of at least 4 members (excludes halogenated alkanes) is 1. The molecule has 0 atom stereocenters. The van der Waals surface area contributed by atoms with Crippen LogP contribution in [0.5, 0.6) is 0 Å². The molecule has 2 N–H and O–H groups in total. The van der Waals surface area contributed by atoms with Crippen LogP contribution in [0.15, 0.2) is 41.4 Å². The first-order valence-corrected chi connectivity index (χ1v) is 10.3. The zero-order valence-corrected chi connectivity index (χ0v) is 16.6. The molecule has 2 aromatic rings. The average Bonchev–Trinajstić information content (AvgIpc) is 2.65. The number of carboxylic acids is 1. The van der Waals surface area contributed by atoms with Crippen LogP contribution < -0.4 is 9.62 Å². The fourth-order valence-electron chi connectivity index (χ4n) is 2.59. The zero-order chi connectivity index (χ0) is 20.0. The van der Waals surface area contributed by atoms with E-state index < -0.39 is 16.0 Å². The van der Waals surface area contributed by atoms with E-state index in [1.807, 2.05) is 13.8 Å². The number of rotatable bonds is 9. The molecule has 27 heavy (non-hydrogen) atoms. The maximum absolute atomic E-state index is 12.5. The third-order valence-electron chi connectivity index (χ3n) is 4.20. The number of nitrogens with zero attached hydrogens (tertiary/aromatic N) is 2. The molecule has 1 heterocycles. The Morgan fingerprint density at radius 2 is 1.89 bits per heavy atom. The van der Waals surface area contributed by atoms with Crippen LogP contribution in [0.4, 0.5) is 11.5 Å². The lowest BCUT2D eigenvalue weighted by Gasteiger charge is -2.20. The summed E-state index contributed by atoms with van der Waals surface area (Å²) in [7, 11) is -2.06. The number of aromatic nitrogens is 1. The highest BCUT2D eigenvalue weighted by atomic mass is 32.2. The normalized spacial score (nSPS) is 11.2. The van der Waals surface area contributed by atoms with Crippen LogP contribution in [0.3, 0.4) is 0 Å². The fraction of sp³-hybridized carbons (Fsp3) is 0.368. The van der Waals surface area contributed by atoms with E-state index in [-0.39, 0.29) is 16.1 Å². The van der Waals surface area contributed by atoms with Crippen LogP contribution in [0, 0.1) is 0 Å². The Morgan fingerprint density at radius 1 is 1.22 bits per heavy atom. The van der Waals surface area contributed by atoms with Crippen molar-refractivity contribution in [3.05, 3.63) is 47.7 Å². The van der Waals surface area contributed by atoms with Gasteiger partial charge in [0.15, 0.2) is 0 Å². The van der Waals surface area contributed by atoms with Gasteiger partial charge >= 0.3 is 5.97 Å². The lowest BCUT2D eigenvalue weighted by atomic mass is 10.2. The molecular weight excluding hydrogens is 366 g/mol. The molecule has 0 radical (unpaired) electrons. The molecule has 0 spiro atoms. The first-order valence-electron chi connectivity index (χ1n) is 8.84. The van der Waals surface area contributed by atoms with Gasteiger partial charge in [0.1, 0.15) is 11.4 Å². The predicted molar refractivity (Wildman–Crippen MR) is 106 cm³/mol. The largest absolute Gasteiger partial charge is 0.478 e. The van der Waals surface area contributed by atoms with Gasteiger partial charge in [0, 0.05) is 13.6 Å².